The first-order valence-corrected chi connectivity index (χ1v) is 10.3. The number of aromatic carboxylic acids is 1. The van der Waals surface area contributed by atoms with Crippen LogP contribution in [0.1, 0.15) is 52.7 Å². The molecule has 0 aromatic heterocycles. The van der Waals surface area contributed by atoms with E-state index in [1.54, 1.807) is 6.07 Å². The standard InChI is InChI=1S/C25H23NO2/c27-25(28)20-10-4-9-19-21-15-11-12-16(13-15)22(21)24(26-23(19)20)18-8-3-6-14-5-1-2-7-17(14)18/h1-10,15-16,21-22,24,26H,11-13H2,(H,27,28)/t15-,16-,21-,22+,24+/m0/s1. The van der Waals surface area contributed by atoms with Gasteiger partial charge in [-0.15, -0.1) is 0 Å². The van der Waals surface area contributed by atoms with Gasteiger partial charge in [0, 0.05) is 0 Å². The summed E-state index contributed by atoms with van der Waals surface area (Å²) >= 11 is 0. The number of carboxylic acid groups (broad SMARTS) is 1. The van der Waals surface area contributed by atoms with Crippen molar-refractivity contribution < 1.29 is 9.90 Å². The summed E-state index contributed by atoms with van der Waals surface area (Å²) in [6, 6.07) is 21.1. The Bertz CT molecular complexity index is 1100. The summed E-state index contributed by atoms with van der Waals surface area (Å²) < 4.78 is 0. The molecule has 0 radical (unpaired) electrons. The Balaban J connectivity index is 1.58. The largest absolute Gasteiger partial charge is 0.478 e. The van der Waals surface area contributed by atoms with Crippen LogP contribution in [0.5, 0.6) is 0 Å². The molecule has 3 aromatic carbocycles. The minimum Gasteiger partial charge on any atom is -0.478 e. The van der Waals surface area contributed by atoms with Crippen LogP contribution in [0.15, 0.2) is 60.7 Å². The number of fused-ring (bicyclic) bond motifs is 8. The molecule has 0 amide bonds. The van der Waals surface area contributed by atoms with Crippen molar-refractivity contribution in [3.05, 3.63) is 77.4 Å². The lowest BCUT2D eigenvalue weighted by molar-refractivity contribution is 0.0697. The smallest absolute Gasteiger partial charge is 0.337 e. The minimum atomic E-state index is -0.845. The van der Waals surface area contributed by atoms with E-state index in [-0.39, 0.29) is 6.04 Å². The zero-order chi connectivity index (χ0) is 18.8. The van der Waals surface area contributed by atoms with Gasteiger partial charge in [0.05, 0.1) is 17.3 Å². The molecule has 0 unspecified atom stereocenters. The first-order chi connectivity index (χ1) is 13.7. The monoisotopic (exact) mass is 369 g/mol. The van der Waals surface area contributed by atoms with Crippen LogP contribution in [0.25, 0.3) is 10.8 Å². The van der Waals surface area contributed by atoms with Gasteiger partial charge in [0.1, 0.15) is 0 Å². The SMILES string of the molecule is O=C(O)c1cccc2c1N[C@H](c1cccc3ccccc13)[C@@H]1[C@H]3CC[C@@H](C3)[C@@H]21. The quantitative estimate of drug-likeness (QED) is 0.597. The van der Waals surface area contributed by atoms with Gasteiger partial charge >= 0.3 is 5.97 Å². The van der Waals surface area contributed by atoms with E-state index in [1.165, 1.54) is 41.2 Å². The predicted octanol–water partition coefficient (Wildman–Crippen LogP) is 5.83. The zero-order valence-corrected chi connectivity index (χ0v) is 15.6. The van der Waals surface area contributed by atoms with Crippen molar-refractivity contribution in [2.75, 3.05) is 5.32 Å². The van der Waals surface area contributed by atoms with Gasteiger partial charge in [-0.3, -0.25) is 0 Å². The molecule has 2 saturated carbocycles. The molecule has 3 heteroatoms. The molecule has 3 nitrogen and oxygen atoms in total. The van der Waals surface area contributed by atoms with Crippen LogP contribution in [0.3, 0.4) is 0 Å². The molecule has 6 rings (SSSR count). The molecule has 1 aliphatic heterocycles. The molecule has 2 bridgehead atoms. The Labute approximate surface area is 164 Å². The van der Waals surface area contributed by atoms with Crippen molar-refractivity contribution in [1.82, 2.24) is 0 Å². The number of carbonyl (C=O) groups is 1. The second kappa shape index (κ2) is 5.84. The van der Waals surface area contributed by atoms with Crippen molar-refractivity contribution in [2.24, 2.45) is 17.8 Å². The van der Waals surface area contributed by atoms with Crippen molar-refractivity contribution in [1.29, 1.82) is 0 Å². The highest BCUT2D eigenvalue weighted by atomic mass is 16.4. The first-order valence-electron chi connectivity index (χ1n) is 10.3. The molecule has 140 valence electrons. The zero-order valence-electron chi connectivity index (χ0n) is 15.6. The number of nitrogens with one attached hydrogen (secondary N) is 1. The van der Waals surface area contributed by atoms with E-state index in [9.17, 15) is 9.90 Å². The van der Waals surface area contributed by atoms with Gasteiger partial charge in [-0.05, 0) is 70.9 Å². The van der Waals surface area contributed by atoms with Crippen LogP contribution in [0.4, 0.5) is 5.69 Å². The average molecular weight is 369 g/mol. The fourth-order valence-corrected chi connectivity index (χ4v) is 6.52. The summed E-state index contributed by atoms with van der Waals surface area (Å²) in [5.41, 5.74) is 3.80. The van der Waals surface area contributed by atoms with Crippen molar-refractivity contribution in [3.8, 4) is 0 Å². The lowest BCUT2D eigenvalue weighted by atomic mass is 9.67. The van der Waals surface area contributed by atoms with Crippen molar-refractivity contribution in [2.45, 2.75) is 31.2 Å². The summed E-state index contributed by atoms with van der Waals surface area (Å²) in [6.07, 6.45) is 3.88. The van der Waals surface area contributed by atoms with Crippen molar-refractivity contribution >= 4 is 22.4 Å². The maximum Gasteiger partial charge on any atom is 0.337 e. The second-order valence-corrected chi connectivity index (χ2v) is 8.70. The third kappa shape index (κ3) is 2.13. The van der Waals surface area contributed by atoms with Crippen LogP contribution in [0, 0.1) is 17.8 Å². The molecule has 28 heavy (non-hydrogen) atoms. The molecule has 2 N–H and O–H groups in total. The summed E-state index contributed by atoms with van der Waals surface area (Å²) in [7, 11) is 0. The van der Waals surface area contributed by atoms with E-state index >= 15 is 0 Å². The number of anilines is 1. The fourth-order valence-electron chi connectivity index (χ4n) is 6.52. The van der Waals surface area contributed by atoms with Gasteiger partial charge in [0.25, 0.3) is 0 Å². The lowest BCUT2D eigenvalue weighted by Gasteiger charge is -2.44. The van der Waals surface area contributed by atoms with Crippen LogP contribution < -0.4 is 5.32 Å². The van der Waals surface area contributed by atoms with Gasteiger partial charge in [-0.1, -0.05) is 54.6 Å². The average Bonchev–Trinajstić information content (AvgIpc) is 3.35. The number of benzene rings is 3. The van der Waals surface area contributed by atoms with Crippen LogP contribution in [-0.4, -0.2) is 11.1 Å². The molecule has 1 heterocycles. The van der Waals surface area contributed by atoms with E-state index in [4.69, 9.17) is 0 Å². The molecular weight excluding hydrogens is 346 g/mol. The predicted molar refractivity (Wildman–Crippen MR) is 111 cm³/mol. The summed E-state index contributed by atoms with van der Waals surface area (Å²) in [6.45, 7) is 0. The maximum atomic E-state index is 11.9. The molecule has 3 aliphatic rings. The maximum absolute atomic E-state index is 11.9. The Morgan fingerprint density at radius 2 is 1.64 bits per heavy atom. The Hall–Kier alpha value is -2.81. The molecular formula is C25H23NO2. The van der Waals surface area contributed by atoms with Gasteiger partial charge in [-0.25, -0.2) is 4.79 Å². The number of rotatable bonds is 2. The highest BCUT2D eigenvalue weighted by Gasteiger charge is 2.54. The molecule has 5 atom stereocenters. The summed E-state index contributed by atoms with van der Waals surface area (Å²) in [4.78, 5) is 11.9. The second-order valence-electron chi connectivity index (χ2n) is 8.70. The molecule has 0 spiro atoms. The van der Waals surface area contributed by atoms with Crippen LogP contribution in [-0.2, 0) is 0 Å². The fraction of sp³-hybridized carbons (Fsp3) is 0.320. The third-order valence-corrected chi connectivity index (χ3v) is 7.51. The Morgan fingerprint density at radius 3 is 2.54 bits per heavy atom. The Morgan fingerprint density at radius 1 is 0.893 bits per heavy atom. The summed E-state index contributed by atoms with van der Waals surface area (Å²) in [5.74, 6) is 1.59. The van der Waals surface area contributed by atoms with E-state index in [0.717, 1.165) is 11.6 Å². The van der Waals surface area contributed by atoms with Crippen LogP contribution >= 0.6 is 0 Å². The van der Waals surface area contributed by atoms with E-state index in [2.05, 4.69) is 53.8 Å². The van der Waals surface area contributed by atoms with E-state index < -0.39 is 5.97 Å². The highest BCUT2D eigenvalue weighted by molar-refractivity contribution is 5.96. The molecule has 2 aliphatic carbocycles. The number of para-hydroxylation sites is 1. The van der Waals surface area contributed by atoms with Gasteiger partial charge in [0.2, 0.25) is 0 Å². The first kappa shape index (κ1) is 16.2. The van der Waals surface area contributed by atoms with Gasteiger partial charge < -0.3 is 10.4 Å². The van der Waals surface area contributed by atoms with Gasteiger partial charge in [0.15, 0.2) is 0 Å². The summed E-state index contributed by atoms with van der Waals surface area (Å²) in [5, 5.41) is 16.1. The number of carboxylic acids is 1. The Kier molecular flexibility index (Phi) is 3.37. The van der Waals surface area contributed by atoms with Crippen molar-refractivity contribution in [3.63, 3.8) is 0 Å². The van der Waals surface area contributed by atoms with Gasteiger partial charge in [-0.2, -0.15) is 0 Å². The highest BCUT2D eigenvalue weighted by Crippen LogP contribution is 2.64. The van der Waals surface area contributed by atoms with E-state index in [1.807, 2.05) is 6.07 Å². The molecule has 2 fully saturated rings. The topological polar surface area (TPSA) is 49.3 Å². The van der Waals surface area contributed by atoms with Crippen LogP contribution in [0.2, 0.25) is 0 Å². The number of hydrogen-bond donors (Lipinski definition) is 2. The molecule has 3 aromatic rings. The minimum absolute atomic E-state index is 0.166. The van der Waals surface area contributed by atoms with E-state index in [0.29, 0.717) is 23.3 Å². The molecule has 0 saturated heterocycles. The normalized spacial score (nSPS) is 29.9. The number of hydrogen-bond acceptors (Lipinski definition) is 2. The third-order valence-electron chi connectivity index (χ3n) is 7.51. The lowest BCUT2D eigenvalue weighted by Crippen LogP contribution is -2.36.